The first-order chi connectivity index (χ1) is 9.22. The van der Waals surface area contributed by atoms with Crippen molar-refractivity contribution < 1.29 is 9.84 Å². The van der Waals surface area contributed by atoms with Gasteiger partial charge in [-0.15, -0.1) is 0 Å². The minimum atomic E-state index is -0.195. The molecule has 1 aromatic carbocycles. The fraction of sp³-hybridized carbons (Fsp3) is 0.625. The third-order valence-electron chi connectivity index (χ3n) is 4.25. The fourth-order valence-corrected chi connectivity index (χ4v) is 3.34. The van der Waals surface area contributed by atoms with Gasteiger partial charge in [-0.2, -0.15) is 0 Å². The summed E-state index contributed by atoms with van der Waals surface area (Å²) in [5.74, 6) is 1.06. The highest BCUT2D eigenvalue weighted by atomic mass is 16.5. The van der Waals surface area contributed by atoms with Crippen molar-refractivity contribution in [1.29, 1.82) is 0 Å². The number of ether oxygens (including phenoxy) is 1. The van der Waals surface area contributed by atoms with E-state index in [9.17, 15) is 5.11 Å². The topological polar surface area (TPSA) is 32.7 Å². The van der Waals surface area contributed by atoms with E-state index in [1.165, 1.54) is 24.0 Å². The Morgan fingerprint density at radius 2 is 2.37 bits per heavy atom. The SMILES string of the molecule is CC(O)CC1CCCN1Cc1ccc2c(c1)CCO2. The second-order valence-corrected chi connectivity index (χ2v) is 5.89. The molecule has 1 saturated heterocycles. The van der Waals surface area contributed by atoms with Crippen LogP contribution in [-0.4, -0.2) is 35.3 Å². The summed E-state index contributed by atoms with van der Waals surface area (Å²) in [7, 11) is 0. The first-order valence-corrected chi connectivity index (χ1v) is 7.39. The molecule has 2 unspecified atom stereocenters. The molecule has 0 saturated carbocycles. The molecule has 0 spiro atoms. The van der Waals surface area contributed by atoms with Gasteiger partial charge < -0.3 is 9.84 Å². The first kappa shape index (κ1) is 12.9. The second kappa shape index (κ2) is 5.51. The van der Waals surface area contributed by atoms with E-state index in [4.69, 9.17) is 4.74 Å². The van der Waals surface area contributed by atoms with Crippen LogP contribution in [0.5, 0.6) is 5.75 Å². The zero-order valence-corrected chi connectivity index (χ0v) is 11.6. The minimum absolute atomic E-state index is 0.195. The number of benzene rings is 1. The van der Waals surface area contributed by atoms with Crippen molar-refractivity contribution in [2.45, 2.75) is 51.3 Å². The predicted molar refractivity (Wildman–Crippen MR) is 75.4 cm³/mol. The monoisotopic (exact) mass is 261 g/mol. The van der Waals surface area contributed by atoms with Crippen molar-refractivity contribution >= 4 is 0 Å². The van der Waals surface area contributed by atoms with Crippen LogP contribution in [0.3, 0.4) is 0 Å². The van der Waals surface area contributed by atoms with Crippen LogP contribution in [0.1, 0.15) is 37.3 Å². The van der Waals surface area contributed by atoms with Crippen LogP contribution in [0.2, 0.25) is 0 Å². The molecule has 0 amide bonds. The van der Waals surface area contributed by atoms with Gasteiger partial charge in [0.15, 0.2) is 0 Å². The van der Waals surface area contributed by atoms with E-state index in [-0.39, 0.29) is 6.10 Å². The molecule has 3 nitrogen and oxygen atoms in total. The highest BCUT2D eigenvalue weighted by Crippen LogP contribution is 2.28. The van der Waals surface area contributed by atoms with Crippen molar-refractivity contribution in [1.82, 2.24) is 4.90 Å². The van der Waals surface area contributed by atoms with Crippen LogP contribution in [0, 0.1) is 0 Å². The van der Waals surface area contributed by atoms with E-state index in [0.29, 0.717) is 6.04 Å². The molecule has 1 N–H and O–H groups in total. The number of fused-ring (bicyclic) bond motifs is 1. The molecule has 2 aliphatic rings. The van der Waals surface area contributed by atoms with E-state index in [2.05, 4.69) is 23.1 Å². The lowest BCUT2D eigenvalue weighted by Gasteiger charge is -2.25. The third-order valence-corrected chi connectivity index (χ3v) is 4.25. The molecule has 1 aromatic rings. The zero-order valence-electron chi connectivity index (χ0n) is 11.6. The predicted octanol–water partition coefficient (Wildman–Crippen LogP) is 2.36. The summed E-state index contributed by atoms with van der Waals surface area (Å²) in [6.07, 6.45) is 4.22. The molecule has 0 aromatic heterocycles. The smallest absolute Gasteiger partial charge is 0.122 e. The maximum atomic E-state index is 9.58. The van der Waals surface area contributed by atoms with E-state index >= 15 is 0 Å². The molecule has 2 heterocycles. The van der Waals surface area contributed by atoms with Gasteiger partial charge in [0.1, 0.15) is 5.75 Å². The number of aliphatic hydroxyl groups excluding tert-OH is 1. The number of nitrogens with zero attached hydrogens (tertiary/aromatic N) is 1. The van der Waals surface area contributed by atoms with Gasteiger partial charge in [-0.1, -0.05) is 12.1 Å². The van der Waals surface area contributed by atoms with Crippen molar-refractivity contribution in [3.05, 3.63) is 29.3 Å². The molecular weight excluding hydrogens is 238 g/mol. The highest BCUT2D eigenvalue weighted by Gasteiger charge is 2.25. The Morgan fingerprint density at radius 3 is 3.21 bits per heavy atom. The molecule has 104 valence electrons. The minimum Gasteiger partial charge on any atom is -0.493 e. The van der Waals surface area contributed by atoms with Crippen LogP contribution >= 0.6 is 0 Å². The van der Waals surface area contributed by atoms with Crippen molar-refractivity contribution in [2.75, 3.05) is 13.2 Å². The first-order valence-electron chi connectivity index (χ1n) is 7.39. The van der Waals surface area contributed by atoms with Crippen molar-refractivity contribution in [2.24, 2.45) is 0 Å². The molecule has 0 radical (unpaired) electrons. The van der Waals surface area contributed by atoms with E-state index in [1.807, 2.05) is 6.92 Å². The summed E-state index contributed by atoms with van der Waals surface area (Å²) >= 11 is 0. The molecule has 3 rings (SSSR count). The lowest BCUT2D eigenvalue weighted by atomic mass is 10.1. The van der Waals surface area contributed by atoms with E-state index in [0.717, 1.165) is 38.3 Å². The van der Waals surface area contributed by atoms with Gasteiger partial charge in [0.2, 0.25) is 0 Å². The molecule has 3 heteroatoms. The number of aliphatic hydroxyl groups is 1. The maximum Gasteiger partial charge on any atom is 0.122 e. The maximum absolute atomic E-state index is 9.58. The summed E-state index contributed by atoms with van der Waals surface area (Å²) in [6.45, 7) is 4.88. The van der Waals surface area contributed by atoms with Crippen LogP contribution in [-0.2, 0) is 13.0 Å². The van der Waals surface area contributed by atoms with E-state index in [1.54, 1.807) is 0 Å². The summed E-state index contributed by atoms with van der Waals surface area (Å²) < 4.78 is 5.55. The summed E-state index contributed by atoms with van der Waals surface area (Å²) in [5.41, 5.74) is 2.73. The summed E-state index contributed by atoms with van der Waals surface area (Å²) in [5, 5.41) is 9.58. The Bertz CT molecular complexity index is 444. The van der Waals surface area contributed by atoms with Gasteiger partial charge in [0.05, 0.1) is 12.7 Å². The standard InChI is InChI=1S/C16H23NO2/c1-12(18)9-15-3-2-7-17(15)11-13-4-5-16-14(10-13)6-8-19-16/h4-5,10,12,15,18H,2-3,6-9,11H2,1H3. The highest BCUT2D eigenvalue weighted by molar-refractivity contribution is 5.39. The normalized spacial score (nSPS) is 24.2. The quantitative estimate of drug-likeness (QED) is 0.903. The van der Waals surface area contributed by atoms with Crippen LogP contribution in [0.25, 0.3) is 0 Å². The molecule has 2 atom stereocenters. The Hall–Kier alpha value is -1.06. The number of hydrogen-bond donors (Lipinski definition) is 1. The largest absolute Gasteiger partial charge is 0.493 e. The number of rotatable bonds is 4. The average molecular weight is 261 g/mol. The number of likely N-dealkylation sites (tertiary alicyclic amines) is 1. The lowest BCUT2D eigenvalue weighted by Crippen LogP contribution is -2.31. The van der Waals surface area contributed by atoms with Gasteiger partial charge in [-0.3, -0.25) is 4.90 Å². The van der Waals surface area contributed by atoms with Crippen molar-refractivity contribution in [3.8, 4) is 5.75 Å². The summed E-state index contributed by atoms with van der Waals surface area (Å²) in [6, 6.07) is 7.13. The van der Waals surface area contributed by atoms with Gasteiger partial charge in [0, 0.05) is 19.0 Å². The molecule has 0 bridgehead atoms. The summed E-state index contributed by atoms with van der Waals surface area (Å²) in [4.78, 5) is 2.52. The van der Waals surface area contributed by atoms with Crippen LogP contribution in [0.4, 0.5) is 0 Å². The molecular formula is C16H23NO2. The van der Waals surface area contributed by atoms with Crippen LogP contribution in [0.15, 0.2) is 18.2 Å². The van der Waals surface area contributed by atoms with Crippen LogP contribution < -0.4 is 4.74 Å². The number of hydrogen-bond acceptors (Lipinski definition) is 3. The van der Waals surface area contributed by atoms with Crippen molar-refractivity contribution in [3.63, 3.8) is 0 Å². The molecule has 19 heavy (non-hydrogen) atoms. The Kier molecular flexibility index (Phi) is 3.76. The fourth-order valence-electron chi connectivity index (χ4n) is 3.34. The molecule has 2 aliphatic heterocycles. The average Bonchev–Trinajstić information content (AvgIpc) is 2.98. The van der Waals surface area contributed by atoms with Gasteiger partial charge in [-0.05, 0) is 49.9 Å². The van der Waals surface area contributed by atoms with Gasteiger partial charge >= 0.3 is 0 Å². The molecule has 1 fully saturated rings. The Morgan fingerprint density at radius 1 is 1.47 bits per heavy atom. The zero-order chi connectivity index (χ0) is 13.2. The van der Waals surface area contributed by atoms with E-state index < -0.39 is 0 Å². The van der Waals surface area contributed by atoms with Gasteiger partial charge in [-0.25, -0.2) is 0 Å². The lowest BCUT2D eigenvalue weighted by molar-refractivity contribution is 0.131. The Balaban J connectivity index is 1.67. The second-order valence-electron chi connectivity index (χ2n) is 5.89. The van der Waals surface area contributed by atoms with Gasteiger partial charge in [0.25, 0.3) is 0 Å². The molecule has 0 aliphatic carbocycles. The third kappa shape index (κ3) is 2.93. The Labute approximate surface area is 115 Å².